The fourth-order valence-corrected chi connectivity index (χ4v) is 2.05. The first-order chi connectivity index (χ1) is 9.24. The monoisotopic (exact) mass is 256 g/mol. The molecule has 1 aliphatic carbocycles. The van der Waals surface area contributed by atoms with E-state index in [1.807, 2.05) is 18.2 Å². The van der Waals surface area contributed by atoms with E-state index >= 15 is 0 Å². The Morgan fingerprint density at radius 2 is 2.16 bits per heavy atom. The molecule has 0 saturated heterocycles. The van der Waals surface area contributed by atoms with Crippen LogP contribution in [0, 0.1) is 0 Å². The number of hydrogen-bond donors (Lipinski definition) is 3. The Morgan fingerprint density at radius 1 is 1.32 bits per heavy atom. The summed E-state index contributed by atoms with van der Waals surface area (Å²) in [7, 11) is 0. The minimum Gasteiger partial charge on any atom is -0.398 e. The van der Waals surface area contributed by atoms with Crippen molar-refractivity contribution in [2.75, 3.05) is 17.6 Å². The van der Waals surface area contributed by atoms with Crippen LogP contribution >= 0.6 is 0 Å². The molecular weight excluding hydrogens is 240 g/mol. The number of nitrogen functional groups attached to an aromatic ring is 1. The largest absolute Gasteiger partial charge is 0.398 e. The number of carbonyl (C=O) groups is 1. The highest BCUT2D eigenvalue weighted by molar-refractivity contribution is 6.01. The van der Waals surface area contributed by atoms with Gasteiger partial charge in [0.2, 0.25) is 5.91 Å². The Labute approximate surface area is 111 Å². The Hall–Kier alpha value is -2.30. The molecule has 1 aromatic heterocycles. The molecule has 19 heavy (non-hydrogen) atoms. The molecule has 0 aliphatic heterocycles. The maximum atomic E-state index is 11.7. The molecule has 1 heterocycles. The van der Waals surface area contributed by atoms with E-state index in [-0.39, 0.29) is 12.5 Å². The highest BCUT2D eigenvalue weighted by Gasteiger charge is 2.22. The Balaban J connectivity index is 1.76. The summed E-state index contributed by atoms with van der Waals surface area (Å²) in [5.41, 5.74) is 7.51. The molecular formula is C14H16N4O. The van der Waals surface area contributed by atoms with Crippen molar-refractivity contribution in [3.63, 3.8) is 0 Å². The van der Waals surface area contributed by atoms with Gasteiger partial charge in [-0.1, -0.05) is 0 Å². The summed E-state index contributed by atoms with van der Waals surface area (Å²) in [4.78, 5) is 15.8. The first kappa shape index (κ1) is 11.8. The smallest absolute Gasteiger partial charge is 0.239 e. The number of hydrogen-bond acceptors (Lipinski definition) is 4. The van der Waals surface area contributed by atoms with Gasteiger partial charge >= 0.3 is 0 Å². The van der Waals surface area contributed by atoms with Crippen LogP contribution in [-0.2, 0) is 4.79 Å². The lowest BCUT2D eigenvalue weighted by Gasteiger charge is -2.11. The standard InChI is InChI=1S/C14H16N4O/c15-12-3-4-13(11-7-16-6-5-10(11)12)17-8-14(19)18-9-1-2-9/h3-7,9,17H,1-2,8,15H2,(H,18,19). The lowest BCUT2D eigenvalue weighted by atomic mass is 10.1. The number of rotatable bonds is 4. The number of anilines is 2. The number of pyridine rings is 1. The molecule has 1 fully saturated rings. The van der Waals surface area contributed by atoms with Crippen LogP contribution in [0.15, 0.2) is 30.6 Å². The zero-order valence-electron chi connectivity index (χ0n) is 10.5. The van der Waals surface area contributed by atoms with Crippen LogP contribution in [0.4, 0.5) is 11.4 Å². The van der Waals surface area contributed by atoms with Crippen molar-refractivity contribution in [3.05, 3.63) is 30.6 Å². The molecule has 4 N–H and O–H groups in total. The predicted molar refractivity (Wildman–Crippen MR) is 75.8 cm³/mol. The fourth-order valence-electron chi connectivity index (χ4n) is 2.05. The van der Waals surface area contributed by atoms with Gasteiger partial charge in [0.05, 0.1) is 6.54 Å². The second kappa shape index (κ2) is 4.76. The molecule has 5 nitrogen and oxygen atoms in total. The van der Waals surface area contributed by atoms with Gasteiger partial charge in [0.1, 0.15) is 0 Å². The second-order valence-electron chi connectivity index (χ2n) is 4.82. The topological polar surface area (TPSA) is 80.0 Å². The number of amides is 1. The maximum Gasteiger partial charge on any atom is 0.239 e. The summed E-state index contributed by atoms with van der Waals surface area (Å²) in [6.07, 6.45) is 5.66. The van der Waals surface area contributed by atoms with Gasteiger partial charge < -0.3 is 16.4 Å². The van der Waals surface area contributed by atoms with E-state index < -0.39 is 0 Å². The summed E-state index contributed by atoms with van der Waals surface area (Å²) in [5, 5.41) is 7.96. The summed E-state index contributed by atoms with van der Waals surface area (Å²) >= 11 is 0. The van der Waals surface area contributed by atoms with Crippen molar-refractivity contribution in [2.45, 2.75) is 18.9 Å². The number of aromatic nitrogens is 1. The Kier molecular flexibility index (Phi) is 2.95. The molecule has 0 radical (unpaired) electrons. The van der Waals surface area contributed by atoms with Crippen LogP contribution in [0.25, 0.3) is 10.8 Å². The van der Waals surface area contributed by atoms with E-state index in [0.29, 0.717) is 11.7 Å². The number of fused-ring (bicyclic) bond motifs is 1. The third kappa shape index (κ3) is 2.59. The van der Waals surface area contributed by atoms with Crippen molar-refractivity contribution in [1.82, 2.24) is 10.3 Å². The quantitative estimate of drug-likeness (QED) is 0.724. The molecule has 1 aromatic carbocycles. The first-order valence-corrected chi connectivity index (χ1v) is 6.39. The fraction of sp³-hybridized carbons (Fsp3) is 0.286. The lowest BCUT2D eigenvalue weighted by molar-refractivity contribution is -0.119. The van der Waals surface area contributed by atoms with Gasteiger partial charge in [0.15, 0.2) is 0 Å². The number of nitrogens with one attached hydrogen (secondary N) is 2. The Bertz CT molecular complexity index is 622. The van der Waals surface area contributed by atoms with Crippen molar-refractivity contribution in [3.8, 4) is 0 Å². The normalized spacial score (nSPS) is 14.3. The highest BCUT2D eigenvalue weighted by Crippen LogP contribution is 2.27. The molecule has 1 amide bonds. The van der Waals surface area contributed by atoms with Crippen molar-refractivity contribution in [1.29, 1.82) is 0 Å². The molecule has 0 atom stereocenters. The van der Waals surface area contributed by atoms with Gasteiger partial charge in [-0.25, -0.2) is 0 Å². The molecule has 1 aliphatic rings. The van der Waals surface area contributed by atoms with Crippen LogP contribution in [0.5, 0.6) is 0 Å². The van der Waals surface area contributed by atoms with E-state index in [2.05, 4.69) is 15.6 Å². The third-order valence-corrected chi connectivity index (χ3v) is 3.23. The van der Waals surface area contributed by atoms with Crippen LogP contribution in [0.3, 0.4) is 0 Å². The van der Waals surface area contributed by atoms with E-state index in [9.17, 15) is 4.79 Å². The van der Waals surface area contributed by atoms with Crippen LogP contribution < -0.4 is 16.4 Å². The SMILES string of the molecule is Nc1ccc(NCC(=O)NC2CC2)c2cnccc12. The average molecular weight is 256 g/mol. The highest BCUT2D eigenvalue weighted by atomic mass is 16.2. The van der Waals surface area contributed by atoms with Gasteiger partial charge in [0, 0.05) is 40.6 Å². The Morgan fingerprint density at radius 3 is 2.95 bits per heavy atom. The molecule has 1 saturated carbocycles. The van der Waals surface area contributed by atoms with Crippen LogP contribution in [-0.4, -0.2) is 23.5 Å². The molecule has 0 bridgehead atoms. The van der Waals surface area contributed by atoms with E-state index in [4.69, 9.17) is 5.73 Å². The van der Waals surface area contributed by atoms with Gasteiger partial charge in [0.25, 0.3) is 0 Å². The maximum absolute atomic E-state index is 11.7. The molecule has 3 rings (SSSR count). The molecule has 0 spiro atoms. The minimum absolute atomic E-state index is 0.0244. The molecule has 2 aromatic rings. The zero-order valence-corrected chi connectivity index (χ0v) is 10.5. The average Bonchev–Trinajstić information content (AvgIpc) is 3.22. The number of carbonyl (C=O) groups excluding carboxylic acids is 1. The number of nitrogens with two attached hydrogens (primary N) is 1. The second-order valence-corrected chi connectivity index (χ2v) is 4.82. The summed E-state index contributed by atoms with van der Waals surface area (Å²) in [6, 6.07) is 5.98. The third-order valence-electron chi connectivity index (χ3n) is 3.23. The lowest BCUT2D eigenvalue weighted by Crippen LogP contribution is -2.31. The van der Waals surface area contributed by atoms with E-state index in [1.54, 1.807) is 12.4 Å². The van der Waals surface area contributed by atoms with Crippen molar-refractivity contribution >= 4 is 28.1 Å². The first-order valence-electron chi connectivity index (χ1n) is 6.39. The summed E-state index contributed by atoms with van der Waals surface area (Å²) in [6.45, 7) is 0.268. The van der Waals surface area contributed by atoms with Crippen LogP contribution in [0.2, 0.25) is 0 Å². The number of nitrogens with zero attached hydrogens (tertiary/aromatic N) is 1. The van der Waals surface area contributed by atoms with Crippen molar-refractivity contribution in [2.24, 2.45) is 0 Å². The molecule has 5 heteroatoms. The van der Waals surface area contributed by atoms with E-state index in [1.165, 1.54) is 0 Å². The summed E-state index contributed by atoms with van der Waals surface area (Å²) < 4.78 is 0. The predicted octanol–water partition coefficient (Wildman–Crippen LogP) is 1.51. The summed E-state index contributed by atoms with van der Waals surface area (Å²) in [5.74, 6) is 0.0244. The van der Waals surface area contributed by atoms with Gasteiger partial charge in [-0.05, 0) is 31.0 Å². The van der Waals surface area contributed by atoms with E-state index in [0.717, 1.165) is 29.3 Å². The minimum atomic E-state index is 0.0244. The van der Waals surface area contributed by atoms with Crippen LogP contribution in [0.1, 0.15) is 12.8 Å². The van der Waals surface area contributed by atoms with Gasteiger partial charge in [-0.3, -0.25) is 9.78 Å². The van der Waals surface area contributed by atoms with Gasteiger partial charge in [-0.15, -0.1) is 0 Å². The zero-order chi connectivity index (χ0) is 13.2. The molecule has 0 unspecified atom stereocenters. The van der Waals surface area contributed by atoms with Crippen molar-refractivity contribution < 1.29 is 4.79 Å². The molecule has 98 valence electrons. The number of benzene rings is 1. The van der Waals surface area contributed by atoms with Gasteiger partial charge in [-0.2, -0.15) is 0 Å².